The van der Waals surface area contributed by atoms with Crippen molar-refractivity contribution in [3.05, 3.63) is 0 Å². The smallest absolute Gasteiger partial charge is 0.303 e. The van der Waals surface area contributed by atoms with E-state index in [0.29, 0.717) is 43.7 Å². The average molecular weight is 340 g/mol. The molecule has 0 unspecified atom stereocenters. The van der Waals surface area contributed by atoms with E-state index in [0.717, 1.165) is 25.6 Å². The molecule has 3 aliphatic rings. The summed E-state index contributed by atoms with van der Waals surface area (Å²) in [6, 6.07) is 0. The lowest BCUT2D eigenvalue weighted by molar-refractivity contribution is -0.137. The van der Waals surface area contributed by atoms with Gasteiger partial charge in [0.2, 0.25) is 0 Å². The maximum atomic E-state index is 10.5. The quantitative estimate of drug-likeness (QED) is 0.585. The molecule has 4 atom stereocenters. The monoisotopic (exact) mass is 340 g/mol. The summed E-state index contributed by atoms with van der Waals surface area (Å²) in [6.45, 7) is 3.00. The summed E-state index contributed by atoms with van der Waals surface area (Å²) in [7, 11) is 0. The highest BCUT2D eigenvalue weighted by Crippen LogP contribution is 2.45. The van der Waals surface area contributed by atoms with Gasteiger partial charge in [0.1, 0.15) is 0 Å². The SMILES string of the molecule is O=C(O)CCCOCC[C@@H]1[C@H](COCC2CCCC2)[C@@H]2CC[C@H]1O2. The molecular formula is C19H32O5. The number of fused-ring (bicyclic) bond motifs is 2. The number of ether oxygens (including phenoxy) is 3. The van der Waals surface area contributed by atoms with E-state index in [1.807, 2.05) is 0 Å². The zero-order valence-electron chi connectivity index (χ0n) is 14.7. The first-order chi connectivity index (χ1) is 11.7. The number of aliphatic carboxylic acids is 1. The third-order valence-corrected chi connectivity index (χ3v) is 6.00. The minimum absolute atomic E-state index is 0.189. The van der Waals surface area contributed by atoms with Crippen molar-refractivity contribution in [3.63, 3.8) is 0 Å². The van der Waals surface area contributed by atoms with Crippen LogP contribution in [0.1, 0.15) is 57.8 Å². The first-order valence-electron chi connectivity index (χ1n) is 9.77. The van der Waals surface area contributed by atoms with Crippen molar-refractivity contribution in [2.75, 3.05) is 26.4 Å². The molecule has 24 heavy (non-hydrogen) atoms. The van der Waals surface area contributed by atoms with Crippen molar-refractivity contribution < 1.29 is 24.1 Å². The Balaban J connectivity index is 1.34. The van der Waals surface area contributed by atoms with Crippen LogP contribution in [-0.2, 0) is 19.0 Å². The fraction of sp³-hybridized carbons (Fsp3) is 0.947. The van der Waals surface area contributed by atoms with Crippen molar-refractivity contribution in [1.82, 2.24) is 0 Å². The largest absolute Gasteiger partial charge is 0.481 e. The maximum absolute atomic E-state index is 10.5. The molecule has 1 N–H and O–H groups in total. The van der Waals surface area contributed by atoms with E-state index < -0.39 is 5.97 Å². The molecule has 1 saturated carbocycles. The summed E-state index contributed by atoms with van der Waals surface area (Å²) in [5, 5.41) is 8.62. The summed E-state index contributed by atoms with van der Waals surface area (Å²) in [5.41, 5.74) is 0. The Morgan fingerprint density at radius 1 is 0.958 bits per heavy atom. The molecule has 0 amide bonds. The molecule has 138 valence electrons. The Bertz CT molecular complexity index is 393. The van der Waals surface area contributed by atoms with E-state index >= 15 is 0 Å². The Kier molecular flexibility index (Phi) is 6.93. The van der Waals surface area contributed by atoms with Gasteiger partial charge in [-0.15, -0.1) is 0 Å². The zero-order chi connectivity index (χ0) is 16.8. The highest BCUT2D eigenvalue weighted by molar-refractivity contribution is 5.66. The zero-order valence-corrected chi connectivity index (χ0v) is 14.7. The van der Waals surface area contributed by atoms with Gasteiger partial charge in [-0.1, -0.05) is 12.8 Å². The number of rotatable bonds is 11. The van der Waals surface area contributed by atoms with Gasteiger partial charge in [-0.05, 0) is 50.4 Å². The summed E-state index contributed by atoms with van der Waals surface area (Å²) < 4.78 is 17.8. The predicted molar refractivity (Wildman–Crippen MR) is 90.0 cm³/mol. The predicted octanol–water partition coefficient (Wildman–Crippen LogP) is 3.26. The topological polar surface area (TPSA) is 65.0 Å². The van der Waals surface area contributed by atoms with Gasteiger partial charge in [-0.2, -0.15) is 0 Å². The minimum atomic E-state index is -0.750. The first kappa shape index (κ1) is 18.2. The molecule has 2 saturated heterocycles. The van der Waals surface area contributed by atoms with Crippen LogP contribution in [0.25, 0.3) is 0 Å². The molecule has 0 aromatic heterocycles. The first-order valence-corrected chi connectivity index (χ1v) is 9.77. The highest BCUT2D eigenvalue weighted by atomic mass is 16.5. The van der Waals surface area contributed by atoms with Crippen LogP contribution < -0.4 is 0 Å². The van der Waals surface area contributed by atoms with Crippen LogP contribution >= 0.6 is 0 Å². The fourth-order valence-electron chi connectivity index (χ4n) is 4.70. The molecule has 2 bridgehead atoms. The maximum Gasteiger partial charge on any atom is 0.303 e. The summed E-state index contributed by atoms with van der Waals surface area (Å²) in [5.74, 6) is 1.10. The second-order valence-electron chi connectivity index (χ2n) is 7.70. The van der Waals surface area contributed by atoms with Gasteiger partial charge in [0.05, 0.1) is 18.8 Å². The van der Waals surface area contributed by atoms with E-state index in [1.165, 1.54) is 38.5 Å². The van der Waals surface area contributed by atoms with Gasteiger partial charge in [0.25, 0.3) is 0 Å². The standard InChI is InChI=1S/C19H32O5/c20-19(21)6-3-10-22-11-9-15-16(18-8-7-17(15)24-18)13-23-12-14-4-1-2-5-14/h14-18H,1-13H2,(H,20,21)/t15-,16+,17-,18+/m1/s1. The van der Waals surface area contributed by atoms with E-state index in [2.05, 4.69) is 0 Å². The second kappa shape index (κ2) is 9.16. The minimum Gasteiger partial charge on any atom is -0.481 e. The third-order valence-electron chi connectivity index (χ3n) is 6.00. The fourth-order valence-corrected chi connectivity index (χ4v) is 4.70. The molecular weight excluding hydrogens is 308 g/mol. The molecule has 1 aliphatic carbocycles. The number of carboxylic acid groups (broad SMARTS) is 1. The molecule has 0 spiro atoms. The lowest BCUT2D eigenvalue weighted by Gasteiger charge is -2.28. The Morgan fingerprint density at radius 3 is 2.46 bits per heavy atom. The van der Waals surface area contributed by atoms with Crippen LogP contribution in [0.5, 0.6) is 0 Å². The molecule has 0 aromatic rings. The highest BCUT2D eigenvalue weighted by Gasteiger charge is 2.48. The second-order valence-corrected chi connectivity index (χ2v) is 7.70. The van der Waals surface area contributed by atoms with E-state index in [4.69, 9.17) is 19.3 Å². The molecule has 0 aromatic carbocycles. The number of hydrogen-bond acceptors (Lipinski definition) is 4. The average Bonchev–Trinajstić information content (AvgIpc) is 3.28. The number of carbonyl (C=O) groups is 1. The summed E-state index contributed by atoms with van der Waals surface area (Å²) in [6.07, 6.45) is 10.3. The van der Waals surface area contributed by atoms with Crippen LogP contribution in [0.15, 0.2) is 0 Å². The lowest BCUT2D eigenvalue weighted by atomic mass is 9.78. The van der Waals surface area contributed by atoms with Crippen LogP contribution in [-0.4, -0.2) is 49.7 Å². The molecule has 0 radical (unpaired) electrons. The molecule has 2 heterocycles. The van der Waals surface area contributed by atoms with Crippen LogP contribution in [0, 0.1) is 17.8 Å². The Labute approximate surface area is 145 Å². The van der Waals surface area contributed by atoms with Crippen LogP contribution in [0.3, 0.4) is 0 Å². The van der Waals surface area contributed by atoms with Gasteiger partial charge in [-0.3, -0.25) is 4.79 Å². The van der Waals surface area contributed by atoms with Crippen molar-refractivity contribution >= 4 is 5.97 Å². The van der Waals surface area contributed by atoms with Gasteiger partial charge in [0, 0.05) is 32.2 Å². The van der Waals surface area contributed by atoms with Gasteiger partial charge in [-0.25, -0.2) is 0 Å². The third kappa shape index (κ3) is 4.93. The number of carboxylic acids is 1. The van der Waals surface area contributed by atoms with Crippen LogP contribution in [0.2, 0.25) is 0 Å². The van der Waals surface area contributed by atoms with E-state index in [1.54, 1.807) is 0 Å². The molecule has 3 rings (SSSR count). The van der Waals surface area contributed by atoms with Gasteiger partial charge in [0.15, 0.2) is 0 Å². The lowest BCUT2D eigenvalue weighted by Crippen LogP contribution is -2.32. The molecule has 3 fully saturated rings. The normalized spacial score (nSPS) is 32.7. The summed E-state index contributed by atoms with van der Waals surface area (Å²) >= 11 is 0. The molecule has 2 aliphatic heterocycles. The Morgan fingerprint density at radius 2 is 1.71 bits per heavy atom. The van der Waals surface area contributed by atoms with E-state index in [9.17, 15) is 4.79 Å². The van der Waals surface area contributed by atoms with Crippen molar-refractivity contribution in [2.24, 2.45) is 17.8 Å². The van der Waals surface area contributed by atoms with Crippen molar-refractivity contribution in [3.8, 4) is 0 Å². The van der Waals surface area contributed by atoms with E-state index in [-0.39, 0.29) is 6.42 Å². The Hall–Kier alpha value is -0.650. The van der Waals surface area contributed by atoms with Crippen molar-refractivity contribution in [1.29, 1.82) is 0 Å². The van der Waals surface area contributed by atoms with Crippen LogP contribution in [0.4, 0.5) is 0 Å². The molecule has 5 nitrogen and oxygen atoms in total. The van der Waals surface area contributed by atoms with Gasteiger partial charge >= 0.3 is 5.97 Å². The molecule has 5 heteroatoms. The summed E-state index contributed by atoms with van der Waals surface area (Å²) in [4.78, 5) is 10.5. The van der Waals surface area contributed by atoms with Crippen molar-refractivity contribution in [2.45, 2.75) is 70.0 Å². The van der Waals surface area contributed by atoms with Gasteiger partial charge < -0.3 is 19.3 Å². The number of hydrogen-bond donors (Lipinski definition) is 1.